The number of aryl methyl sites for hydroxylation is 1. The number of aromatic nitrogens is 5. The number of hydrogen-bond acceptors (Lipinski definition) is 7. The van der Waals surface area contributed by atoms with Gasteiger partial charge < -0.3 is 10.4 Å². The quantitative estimate of drug-likeness (QED) is 0.624. The highest BCUT2D eigenvalue weighted by molar-refractivity contribution is 5.44. The van der Waals surface area contributed by atoms with Crippen molar-refractivity contribution in [1.82, 2.24) is 29.9 Å². The maximum absolute atomic E-state index is 12.8. The molecular weight excluding hydrogens is 423 g/mol. The van der Waals surface area contributed by atoms with E-state index < -0.39 is 18.0 Å². The Balaban J connectivity index is 1.35. The zero-order chi connectivity index (χ0) is 22.5. The van der Waals surface area contributed by atoms with Gasteiger partial charge in [-0.3, -0.25) is 4.90 Å². The maximum atomic E-state index is 12.8. The summed E-state index contributed by atoms with van der Waals surface area (Å²) in [4.78, 5) is 11.2. The fourth-order valence-corrected chi connectivity index (χ4v) is 4.78. The Morgan fingerprint density at radius 3 is 2.50 bits per heavy atom. The first-order chi connectivity index (χ1) is 15.3. The third-order valence-electron chi connectivity index (χ3n) is 6.23. The molecule has 1 aromatic carbocycles. The second kappa shape index (κ2) is 7.82. The topological polar surface area (TPSA) is 92.0 Å². The predicted molar refractivity (Wildman–Crippen MR) is 109 cm³/mol. The highest BCUT2D eigenvalue weighted by atomic mass is 19.4. The summed E-state index contributed by atoms with van der Waals surface area (Å²) in [6.45, 7) is 2.70. The van der Waals surface area contributed by atoms with Crippen molar-refractivity contribution >= 4 is 5.95 Å². The first kappa shape index (κ1) is 20.8. The van der Waals surface area contributed by atoms with Crippen LogP contribution in [0.2, 0.25) is 0 Å². The van der Waals surface area contributed by atoms with Crippen LogP contribution in [-0.2, 0) is 6.18 Å². The van der Waals surface area contributed by atoms with Gasteiger partial charge in [-0.15, -0.1) is 0 Å². The lowest BCUT2D eigenvalue weighted by molar-refractivity contribution is -0.138. The van der Waals surface area contributed by atoms with Gasteiger partial charge in [0.25, 0.3) is 0 Å². The molecule has 2 fully saturated rings. The Morgan fingerprint density at radius 1 is 1.12 bits per heavy atom. The average molecular weight is 445 g/mol. The number of anilines is 1. The Kier molecular flexibility index (Phi) is 5.09. The molecule has 11 heteroatoms. The maximum Gasteiger partial charge on any atom is 0.419 e. The smallest absolute Gasteiger partial charge is 0.374 e. The van der Waals surface area contributed by atoms with E-state index in [1.165, 1.54) is 4.80 Å². The molecule has 1 aliphatic carbocycles. The van der Waals surface area contributed by atoms with Crippen LogP contribution in [0.15, 0.2) is 43.0 Å². The summed E-state index contributed by atoms with van der Waals surface area (Å²) in [5, 5.41) is 22.9. The van der Waals surface area contributed by atoms with E-state index in [2.05, 4.69) is 25.5 Å². The van der Waals surface area contributed by atoms with Gasteiger partial charge >= 0.3 is 6.18 Å². The molecule has 3 heterocycles. The van der Waals surface area contributed by atoms with Crippen molar-refractivity contribution in [1.29, 1.82) is 0 Å². The van der Waals surface area contributed by atoms with E-state index in [9.17, 15) is 18.3 Å². The van der Waals surface area contributed by atoms with Crippen LogP contribution in [0.3, 0.4) is 0 Å². The molecule has 2 bridgehead atoms. The molecule has 2 N–H and O–H groups in total. The second-order valence-electron chi connectivity index (χ2n) is 8.40. The number of nitrogens with zero attached hydrogens (tertiary/aromatic N) is 6. The summed E-state index contributed by atoms with van der Waals surface area (Å²) in [5.74, 6) is 0.528. The van der Waals surface area contributed by atoms with E-state index in [-0.39, 0.29) is 18.0 Å². The lowest BCUT2D eigenvalue weighted by Crippen LogP contribution is -2.46. The van der Waals surface area contributed by atoms with Gasteiger partial charge in [-0.25, -0.2) is 9.97 Å². The highest BCUT2D eigenvalue weighted by Crippen LogP contribution is 2.43. The average Bonchev–Trinajstić information content (AvgIpc) is 3.50. The summed E-state index contributed by atoms with van der Waals surface area (Å²) < 4.78 is 38.3. The standard InChI is InChI=1S/C21H22F3N7O/c1-12-2-3-15(17(6-12)31-27-4-5-28-31)19(32)30-11-13-7-16(18(30)8-13)29-20-25-9-14(10-26-20)21(22,23)24/h2-6,9-10,13,16,18-19,32H,7-8,11H2,1H3,(H,25,26,29). The second-order valence-corrected chi connectivity index (χ2v) is 8.40. The van der Waals surface area contributed by atoms with Crippen LogP contribution in [0.25, 0.3) is 5.69 Å². The first-order valence-electron chi connectivity index (χ1n) is 10.4. The third kappa shape index (κ3) is 3.82. The van der Waals surface area contributed by atoms with Gasteiger partial charge in [-0.1, -0.05) is 12.1 Å². The summed E-state index contributed by atoms with van der Waals surface area (Å²) in [7, 11) is 0. The van der Waals surface area contributed by atoms with Crippen LogP contribution in [0.1, 0.15) is 35.8 Å². The normalized spacial score (nSPS) is 24.1. The van der Waals surface area contributed by atoms with Gasteiger partial charge in [-0.05, 0) is 37.3 Å². The fraction of sp³-hybridized carbons (Fsp3) is 0.429. The van der Waals surface area contributed by atoms with Gasteiger partial charge in [-0.2, -0.15) is 28.2 Å². The third-order valence-corrected chi connectivity index (χ3v) is 6.23. The van der Waals surface area contributed by atoms with E-state index >= 15 is 0 Å². The van der Waals surface area contributed by atoms with Crippen LogP contribution in [-0.4, -0.2) is 53.6 Å². The zero-order valence-corrected chi connectivity index (χ0v) is 17.2. The predicted octanol–water partition coefficient (Wildman–Crippen LogP) is 2.95. The Labute approximate surface area is 182 Å². The van der Waals surface area contributed by atoms with Gasteiger partial charge in [0.15, 0.2) is 0 Å². The molecule has 168 valence electrons. The highest BCUT2D eigenvalue weighted by Gasteiger charge is 2.48. The van der Waals surface area contributed by atoms with Gasteiger partial charge in [0.05, 0.1) is 23.6 Å². The van der Waals surface area contributed by atoms with E-state index in [0.717, 1.165) is 37.3 Å². The number of alkyl halides is 3. The van der Waals surface area contributed by atoms with Crippen LogP contribution < -0.4 is 5.32 Å². The Bertz CT molecular complexity index is 1090. The van der Waals surface area contributed by atoms with E-state index in [1.807, 2.05) is 30.0 Å². The number of likely N-dealkylation sites (tertiary alicyclic amines) is 1. The molecule has 3 aromatic rings. The minimum absolute atomic E-state index is 0.000580. The molecule has 2 aliphatic rings. The van der Waals surface area contributed by atoms with Gasteiger partial charge in [0, 0.05) is 36.6 Å². The molecule has 8 nitrogen and oxygen atoms in total. The van der Waals surface area contributed by atoms with Crippen molar-refractivity contribution < 1.29 is 18.3 Å². The number of piperidine rings is 1. The summed E-state index contributed by atoms with van der Waals surface area (Å²) in [6.07, 6.45) is 1.12. The molecule has 0 spiro atoms. The number of halogens is 3. The van der Waals surface area contributed by atoms with Crippen LogP contribution in [0, 0.1) is 12.8 Å². The minimum atomic E-state index is -4.47. The number of nitrogens with one attached hydrogen (secondary N) is 1. The molecule has 2 aromatic heterocycles. The lowest BCUT2D eigenvalue weighted by atomic mass is 10.0. The summed E-state index contributed by atoms with van der Waals surface area (Å²) >= 11 is 0. The number of benzene rings is 1. The van der Waals surface area contributed by atoms with Crippen molar-refractivity contribution in [3.8, 4) is 5.69 Å². The minimum Gasteiger partial charge on any atom is -0.374 e. The number of fused-ring (bicyclic) bond motifs is 2. The van der Waals surface area contributed by atoms with Crippen molar-refractivity contribution in [3.63, 3.8) is 0 Å². The van der Waals surface area contributed by atoms with Crippen molar-refractivity contribution in [2.24, 2.45) is 5.92 Å². The molecule has 4 atom stereocenters. The molecule has 0 amide bonds. The molecule has 1 aliphatic heterocycles. The molecule has 32 heavy (non-hydrogen) atoms. The number of hydrogen-bond donors (Lipinski definition) is 2. The fourth-order valence-electron chi connectivity index (χ4n) is 4.78. The summed E-state index contributed by atoms with van der Waals surface area (Å²) in [6, 6.07) is 5.67. The molecule has 5 rings (SSSR count). The molecule has 0 radical (unpaired) electrons. The molecule has 4 unspecified atom stereocenters. The number of rotatable bonds is 5. The molecular formula is C21H22F3N7O. The van der Waals surface area contributed by atoms with Crippen LogP contribution >= 0.6 is 0 Å². The number of aliphatic hydroxyl groups excluding tert-OH is 1. The Hall–Kier alpha value is -3.05. The zero-order valence-electron chi connectivity index (χ0n) is 17.2. The van der Waals surface area contributed by atoms with Crippen LogP contribution in [0.5, 0.6) is 0 Å². The van der Waals surface area contributed by atoms with Gasteiger partial charge in [0.2, 0.25) is 5.95 Å². The number of aliphatic hydroxyl groups is 1. The Morgan fingerprint density at radius 2 is 1.84 bits per heavy atom. The van der Waals surface area contributed by atoms with E-state index in [0.29, 0.717) is 17.2 Å². The molecule has 1 saturated carbocycles. The van der Waals surface area contributed by atoms with Crippen molar-refractivity contribution in [2.75, 3.05) is 11.9 Å². The van der Waals surface area contributed by atoms with E-state index in [4.69, 9.17) is 0 Å². The SMILES string of the molecule is Cc1ccc(C(O)N2CC3CC(Nc4ncc(C(F)(F)F)cn4)C2C3)c(-n2nccn2)c1. The molecule has 1 saturated heterocycles. The van der Waals surface area contributed by atoms with E-state index in [1.54, 1.807) is 12.4 Å². The monoisotopic (exact) mass is 445 g/mol. The first-order valence-corrected chi connectivity index (χ1v) is 10.4. The van der Waals surface area contributed by atoms with Crippen LogP contribution in [0.4, 0.5) is 19.1 Å². The van der Waals surface area contributed by atoms with Crippen molar-refractivity contribution in [2.45, 2.75) is 44.3 Å². The largest absolute Gasteiger partial charge is 0.419 e. The van der Waals surface area contributed by atoms with Crippen molar-refractivity contribution in [3.05, 3.63) is 59.7 Å². The van der Waals surface area contributed by atoms with Gasteiger partial charge in [0.1, 0.15) is 6.23 Å². The summed E-state index contributed by atoms with van der Waals surface area (Å²) in [5.41, 5.74) is 1.55. The lowest BCUT2D eigenvalue weighted by Gasteiger charge is -2.37.